The fraction of sp³-hybridized carbons (Fsp3) is 0.273. The highest BCUT2D eigenvalue weighted by molar-refractivity contribution is 7.99. The number of benzene rings is 2. The number of nitrogens with zero attached hydrogens (tertiary/aromatic N) is 1. The molecule has 10 nitrogen and oxygen atoms in total. The number of carboxylic acid groups (broad SMARTS) is 2. The summed E-state index contributed by atoms with van der Waals surface area (Å²) in [7, 11) is 0. The zero-order chi connectivity index (χ0) is 24.2. The van der Waals surface area contributed by atoms with E-state index in [0.717, 1.165) is 11.8 Å². The molecule has 2 atom stereocenters. The van der Waals surface area contributed by atoms with E-state index in [-0.39, 0.29) is 24.7 Å². The van der Waals surface area contributed by atoms with Gasteiger partial charge in [0.05, 0.1) is 0 Å². The van der Waals surface area contributed by atoms with Crippen LogP contribution in [0.3, 0.4) is 0 Å². The molecule has 2 rings (SSSR count). The molecule has 0 radical (unpaired) electrons. The molecule has 0 aromatic heterocycles. The van der Waals surface area contributed by atoms with E-state index in [9.17, 15) is 24.3 Å². The van der Waals surface area contributed by atoms with Gasteiger partial charge in [0.25, 0.3) is 0 Å². The second kappa shape index (κ2) is 13.1. The zero-order valence-corrected chi connectivity index (χ0v) is 18.3. The zero-order valence-electron chi connectivity index (χ0n) is 17.5. The molecule has 11 heteroatoms. The summed E-state index contributed by atoms with van der Waals surface area (Å²) in [5.74, 6) is -3.17. The van der Waals surface area contributed by atoms with Gasteiger partial charge in [0.1, 0.15) is 19.3 Å². The second-order valence-electron chi connectivity index (χ2n) is 6.79. The molecule has 33 heavy (non-hydrogen) atoms. The Morgan fingerprint density at radius 1 is 0.788 bits per heavy atom. The average Bonchev–Trinajstić information content (AvgIpc) is 2.81. The number of nitrogens with two attached hydrogens (primary N) is 1. The maximum atomic E-state index is 12.7. The van der Waals surface area contributed by atoms with Crippen LogP contribution in [0.25, 0.3) is 0 Å². The number of carboxylic acids is 2. The molecule has 0 aliphatic heterocycles. The molecule has 1 unspecified atom stereocenters. The summed E-state index contributed by atoms with van der Waals surface area (Å²) in [5, 5.41) is 18.6. The molecule has 0 aliphatic carbocycles. The molecule has 0 saturated carbocycles. The van der Waals surface area contributed by atoms with Crippen molar-refractivity contribution >= 4 is 35.9 Å². The summed E-state index contributed by atoms with van der Waals surface area (Å²) in [6.07, 6.45) is -2.40. The molecular weight excluding hydrogens is 452 g/mol. The van der Waals surface area contributed by atoms with Crippen LogP contribution in [0.4, 0.5) is 9.59 Å². The van der Waals surface area contributed by atoms with Gasteiger partial charge in [-0.15, -0.1) is 0 Å². The van der Waals surface area contributed by atoms with Crippen molar-refractivity contribution in [2.45, 2.75) is 25.3 Å². The summed E-state index contributed by atoms with van der Waals surface area (Å²) in [6, 6.07) is 14.4. The number of hydrogen-bond donors (Lipinski definition) is 3. The fourth-order valence-electron chi connectivity index (χ4n) is 2.54. The number of ether oxygens (including phenoxy) is 2. The molecule has 176 valence electrons. The van der Waals surface area contributed by atoms with Crippen molar-refractivity contribution in [2.24, 2.45) is 5.73 Å². The molecule has 0 aliphatic rings. The van der Waals surface area contributed by atoms with Gasteiger partial charge in [0.2, 0.25) is 0 Å². The normalized spacial score (nSPS) is 12.3. The Bertz CT molecular complexity index is 886. The first kappa shape index (κ1) is 25.7. The number of amides is 2. The van der Waals surface area contributed by atoms with Crippen LogP contribution in [0.1, 0.15) is 11.1 Å². The molecule has 0 fully saturated rings. The van der Waals surface area contributed by atoms with Crippen LogP contribution in [-0.2, 0) is 32.3 Å². The lowest BCUT2D eigenvalue weighted by Gasteiger charge is -2.26. The van der Waals surface area contributed by atoms with E-state index in [1.165, 1.54) is 0 Å². The molecule has 4 N–H and O–H groups in total. The van der Waals surface area contributed by atoms with Crippen molar-refractivity contribution in [3.8, 4) is 0 Å². The van der Waals surface area contributed by atoms with E-state index in [2.05, 4.69) is 0 Å². The van der Waals surface area contributed by atoms with Gasteiger partial charge in [0.15, 0.2) is 6.04 Å². The molecule has 0 spiro atoms. The predicted octanol–water partition coefficient (Wildman–Crippen LogP) is 2.56. The van der Waals surface area contributed by atoms with Gasteiger partial charge in [-0.2, -0.15) is 16.7 Å². The van der Waals surface area contributed by atoms with Crippen molar-refractivity contribution in [1.82, 2.24) is 4.90 Å². The van der Waals surface area contributed by atoms with Crippen LogP contribution in [0.5, 0.6) is 0 Å². The number of thioether (sulfide) groups is 1. The molecule has 0 heterocycles. The van der Waals surface area contributed by atoms with E-state index in [4.69, 9.17) is 20.3 Å². The minimum Gasteiger partial charge on any atom is -0.480 e. The van der Waals surface area contributed by atoms with E-state index in [1.54, 1.807) is 60.7 Å². The number of carbonyl (C=O) groups is 4. The number of rotatable bonds is 11. The number of carbonyl (C=O) groups excluding carboxylic acids is 2. The van der Waals surface area contributed by atoms with Crippen LogP contribution in [-0.4, -0.2) is 62.8 Å². The predicted molar refractivity (Wildman–Crippen MR) is 119 cm³/mol. The van der Waals surface area contributed by atoms with Crippen molar-refractivity contribution < 1.29 is 38.9 Å². The van der Waals surface area contributed by atoms with Gasteiger partial charge in [-0.3, -0.25) is 4.79 Å². The van der Waals surface area contributed by atoms with Crippen molar-refractivity contribution in [2.75, 3.05) is 11.5 Å². The second-order valence-corrected chi connectivity index (χ2v) is 7.86. The smallest absolute Gasteiger partial charge is 0.420 e. The van der Waals surface area contributed by atoms with Gasteiger partial charge in [-0.05, 0) is 11.1 Å². The van der Waals surface area contributed by atoms with Gasteiger partial charge >= 0.3 is 24.1 Å². The molecule has 0 saturated heterocycles. The summed E-state index contributed by atoms with van der Waals surface area (Å²) in [4.78, 5) is 48.6. The standard InChI is InChI=1S/C22H24N2O8S/c23-17(19(25)26)13-33-14-18(20(27)28)24(21(29)31-11-15-7-3-1-4-8-15)22(30)32-12-16-9-5-2-6-10-16/h1-10,17-18H,11-14,23H2,(H,25,26)(H,27,28)/t17?,18-/m0/s1. The first-order valence-electron chi connectivity index (χ1n) is 9.79. The number of aliphatic carboxylic acids is 2. The molecule has 2 amide bonds. The van der Waals surface area contributed by atoms with Crippen LogP contribution in [0, 0.1) is 0 Å². The Balaban J connectivity index is 2.14. The molecule has 0 bridgehead atoms. The third-order valence-corrected chi connectivity index (χ3v) is 5.44. The minimum atomic E-state index is -1.66. The quantitative estimate of drug-likeness (QED) is 0.440. The fourth-order valence-corrected chi connectivity index (χ4v) is 3.59. The van der Waals surface area contributed by atoms with Crippen LogP contribution in [0.15, 0.2) is 60.7 Å². The number of hydrogen-bond acceptors (Lipinski definition) is 8. The van der Waals surface area contributed by atoms with Crippen molar-refractivity contribution in [3.63, 3.8) is 0 Å². The van der Waals surface area contributed by atoms with E-state index in [1.807, 2.05) is 0 Å². The first-order valence-corrected chi connectivity index (χ1v) is 10.9. The Labute approximate surface area is 194 Å². The maximum absolute atomic E-state index is 12.7. The van der Waals surface area contributed by atoms with Gasteiger partial charge in [-0.1, -0.05) is 60.7 Å². The minimum absolute atomic E-state index is 0.120. The Morgan fingerprint density at radius 3 is 1.64 bits per heavy atom. The van der Waals surface area contributed by atoms with Gasteiger partial charge < -0.3 is 25.4 Å². The highest BCUT2D eigenvalue weighted by Gasteiger charge is 2.37. The third-order valence-electron chi connectivity index (χ3n) is 4.29. The first-order chi connectivity index (χ1) is 15.8. The van der Waals surface area contributed by atoms with Crippen LogP contribution >= 0.6 is 11.8 Å². The molecular formula is C22H24N2O8S. The van der Waals surface area contributed by atoms with Crippen LogP contribution in [0.2, 0.25) is 0 Å². The Morgan fingerprint density at radius 2 is 1.24 bits per heavy atom. The van der Waals surface area contributed by atoms with Gasteiger partial charge in [0, 0.05) is 11.5 Å². The Kier molecular flexibility index (Phi) is 10.2. The topological polar surface area (TPSA) is 156 Å². The van der Waals surface area contributed by atoms with E-state index in [0.29, 0.717) is 16.0 Å². The third kappa shape index (κ3) is 8.47. The SMILES string of the molecule is NC(CSC[C@@H](C(=O)O)N(C(=O)OCc1ccccc1)C(=O)OCc1ccccc1)C(=O)O. The molecule has 2 aromatic carbocycles. The van der Waals surface area contributed by atoms with E-state index < -0.39 is 36.2 Å². The lowest BCUT2D eigenvalue weighted by molar-refractivity contribution is -0.141. The molecule has 2 aromatic rings. The maximum Gasteiger partial charge on any atom is 0.420 e. The summed E-state index contributed by atoms with van der Waals surface area (Å²) in [6.45, 7) is -0.378. The van der Waals surface area contributed by atoms with Crippen molar-refractivity contribution in [3.05, 3.63) is 71.8 Å². The highest BCUT2D eigenvalue weighted by Crippen LogP contribution is 2.16. The summed E-state index contributed by atoms with van der Waals surface area (Å²) in [5.41, 5.74) is 6.71. The lowest BCUT2D eigenvalue weighted by Crippen LogP contribution is -2.50. The monoisotopic (exact) mass is 476 g/mol. The number of imide groups is 1. The van der Waals surface area contributed by atoms with Crippen LogP contribution < -0.4 is 5.73 Å². The van der Waals surface area contributed by atoms with Crippen molar-refractivity contribution in [1.29, 1.82) is 0 Å². The lowest BCUT2D eigenvalue weighted by atomic mass is 10.2. The summed E-state index contributed by atoms with van der Waals surface area (Å²) >= 11 is 0.874. The summed E-state index contributed by atoms with van der Waals surface area (Å²) < 4.78 is 10.3. The Hall–Kier alpha value is -3.57. The van der Waals surface area contributed by atoms with E-state index >= 15 is 0 Å². The average molecular weight is 477 g/mol. The largest absolute Gasteiger partial charge is 0.480 e. The van der Waals surface area contributed by atoms with Gasteiger partial charge in [-0.25, -0.2) is 14.4 Å². The highest BCUT2D eigenvalue weighted by atomic mass is 32.2.